The molecule has 1 aliphatic carbocycles. The second-order valence-electron chi connectivity index (χ2n) is 12.8. The third kappa shape index (κ3) is 4.65. The summed E-state index contributed by atoms with van der Waals surface area (Å²) in [6, 6.07) is 14.5. The van der Waals surface area contributed by atoms with E-state index in [1.807, 2.05) is 39.1 Å². The van der Waals surface area contributed by atoms with Crippen LogP contribution in [-0.2, 0) is 24.8 Å². The van der Waals surface area contributed by atoms with Gasteiger partial charge in [0.15, 0.2) is 5.69 Å². The van der Waals surface area contributed by atoms with Crippen molar-refractivity contribution in [1.82, 2.24) is 29.5 Å². The molecular formula is C32H32Cl2N8OS. The van der Waals surface area contributed by atoms with E-state index in [4.69, 9.17) is 33.2 Å². The number of hydrogen-bond donors (Lipinski definition) is 2. The summed E-state index contributed by atoms with van der Waals surface area (Å²) in [4.78, 5) is 15.0. The molecule has 5 aromatic rings. The highest BCUT2D eigenvalue weighted by Crippen LogP contribution is 2.53. The van der Waals surface area contributed by atoms with Crippen LogP contribution in [0.4, 0.5) is 5.95 Å². The van der Waals surface area contributed by atoms with Gasteiger partial charge >= 0.3 is 0 Å². The largest absolute Gasteiger partial charge is 0.598 e. The van der Waals surface area contributed by atoms with Crippen LogP contribution >= 0.6 is 23.2 Å². The molecule has 0 bridgehead atoms. The van der Waals surface area contributed by atoms with Gasteiger partial charge in [-0.25, -0.2) is 4.98 Å². The van der Waals surface area contributed by atoms with E-state index in [-0.39, 0.29) is 21.9 Å². The molecule has 2 atom stereocenters. The number of aromatic nitrogens is 5. The van der Waals surface area contributed by atoms with Crippen LogP contribution in [0, 0.1) is 16.7 Å². The Bertz CT molecular complexity index is 1970. The number of fused-ring (bicyclic) bond motifs is 3. The summed E-state index contributed by atoms with van der Waals surface area (Å²) >= 11 is 12.1. The van der Waals surface area contributed by atoms with E-state index >= 15 is 0 Å². The SMILES string of the molecule is Cn1nc2ccc(-c3c[nH]c4nc(N5CCC6(CC5)Cc5ccccc5[C@H]6N[S+]([O-])C(C)(C)C)nc(C#N)c34)c(Cl)c2c1Cl. The molecule has 3 aromatic heterocycles. The molecule has 0 saturated carbocycles. The van der Waals surface area contributed by atoms with Crippen molar-refractivity contribution in [3.8, 4) is 17.2 Å². The maximum atomic E-state index is 13.3. The van der Waals surface area contributed by atoms with Gasteiger partial charge in [-0.1, -0.05) is 53.5 Å². The van der Waals surface area contributed by atoms with E-state index in [2.05, 4.69) is 50.0 Å². The second-order valence-corrected chi connectivity index (χ2v) is 15.5. The summed E-state index contributed by atoms with van der Waals surface area (Å²) < 4.78 is 18.0. The maximum Gasteiger partial charge on any atom is 0.228 e. The van der Waals surface area contributed by atoms with Crippen LogP contribution in [-0.4, -0.2) is 47.1 Å². The zero-order valence-electron chi connectivity index (χ0n) is 24.9. The molecular weight excluding hydrogens is 615 g/mol. The molecule has 1 spiro atoms. The van der Waals surface area contributed by atoms with E-state index < -0.39 is 11.4 Å². The van der Waals surface area contributed by atoms with Crippen LogP contribution in [0.2, 0.25) is 10.2 Å². The van der Waals surface area contributed by atoms with Crippen LogP contribution in [0.15, 0.2) is 42.6 Å². The van der Waals surface area contributed by atoms with Gasteiger partial charge in [0.25, 0.3) is 0 Å². The highest BCUT2D eigenvalue weighted by Gasteiger charge is 2.50. The summed E-state index contributed by atoms with van der Waals surface area (Å²) in [6.45, 7) is 7.44. The van der Waals surface area contributed by atoms with Crippen LogP contribution < -0.4 is 9.62 Å². The van der Waals surface area contributed by atoms with Gasteiger partial charge in [-0.05, 0) is 57.2 Å². The third-order valence-corrected chi connectivity index (χ3v) is 11.5. The minimum atomic E-state index is -1.20. The Kier molecular flexibility index (Phi) is 7.11. The minimum Gasteiger partial charge on any atom is -0.598 e. The zero-order valence-corrected chi connectivity index (χ0v) is 27.2. The van der Waals surface area contributed by atoms with Gasteiger partial charge in [-0.2, -0.15) is 15.3 Å². The van der Waals surface area contributed by atoms with Crippen LogP contribution in [0.5, 0.6) is 0 Å². The van der Waals surface area contributed by atoms with Gasteiger partial charge in [0.2, 0.25) is 5.95 Å². The van der Waals surface area contributed by atoms with E-state index in [9.17, 15) is 9.81 Å². The van der Waals surface area contributed by atoms with E-state index in [0.29, 0.717) is 38.1 Å². The molecule has 0 radical (unpaired) electrons. The summed E-state index contributed by atoms with van der Waals surface area (Å²) in [5, 5.41) is 16.8. The summed E-state index contributed by atoms with van der Waals surface area (Å²) in [7, 11) is 1.77. The third-order valence-electron chi connectivity index (χ3n) is 9.13. The molecule has 1 aliphatic heterocycles. The first kappa shape index (κ1) is 29.4. The van der Waals surface area contributed by atoms with Crippen molar-refractivity contribution in [2.45, 2.75) is 50.8 Å². The molecule has 0 amide bonds. The highest BCUT2D eigenvalue weighted by atomic mass is 35.5. The second kappa shape index (κ2) is 10.6. The smallest absolute Gasteiger partial charge is 0.228 e. The molecule has 12 heteroatoms. The average molecular weight is 648 g/mol. The molecule has 44 heavy (non-hydrogen) atoms. The Hall–Kier alpha value is -3.33. The average Bonchev–Trinajstić information content (AvgIpc) is 3.65. The molecule has 9 nitrogen and oxygen atoms in total. The number of anilines is 1. The number of halogens is 2. The first-order chi connectivity index (χ1) is 21.0. The van der Waals surface area contributed by atoms with Gasteiger partial charge in [0.05, 0.1) is 27.4 Å². The monoisotopic (exact) mass is 646 g/mol. The molecule has 1 saturated heterocycles. The number of H-pyrrole nitrogens is 1. The fourth-order valence-electron chi connectivity index (χ4n) is 6.75. The maximum absolute atomic E-state index is 13.3. The molecule has 1 fully saturated rings. The number of hydrogen-bond acceptors (Lipinski definition) is 7. The fourth-order valence-corrected chi connectivity index (χ4v) is 8.33. The fraction of sp³-hybridized carbons (Fsp3) is 0.375. The van der Waals surface area contributed by atoms with Crippen molar-refractivity contribution in [3.63, 3.8) is 0 Å². The van der Waals surface area contributed by atoms with Gasteiger partial charge < -0.3 is 14.4 Å². The van der Waals surface area contributed by atoms with Crippen molar-refractivity contribution >= 4 is 62.4 Å². The first-order valence-corrected chi connectivity index (χ1v) is 16.5. The number of nitriles is 1. The minimum absolute atomic E-state index is 0.000321. The van der Waals surface area contributed by atoms with Crippen molar-refractivity contribution in [2.75, 3.05) is 18.0 Å². The number of aryl methyl sites for hydroxylation is 1. The van der Waals surface area contributed by atoms with Crippen molar-refractivity contribution < 1.29 is 4.55 Å². The van der Waals surface area contributed by atoms with Crippen molar-refractivity contribution in [2.24, 2.45) is 12.5 Å². The standard InChI is InChI=1S/C32H32Cl2N8OS/c1-31(2,3)44(43)40-27-19-8-6-5-7-18(19)15-32(27)11-13-42(14-12-32)30-37-23(16-35)24-21(17-36-29(24)38-30)20-9-10-22-25(26(20)33)28(34)41(4)39-22/h5-10,17,27,40H,11-15H2,1-4H3,(H,36,37,38)/t27-,44?/m1/s1. The first-order valence-electron chi connectivity index (χ1n) is 14.6. The predicted octanol–water partition coefficient (Wildman–Crippen LogP) is 6.63. The zero-order chi connectivity index (χ0) is 31.0. The number of nitrogens with zero attached hydrogens (tertiary/aromatic N) is 6. The van der Waals surface area contributed by atoms with E-state index in [1.54, 1.807) is 11.7 Å². The topological polar surface area (TPSA) is 122 Å². The van der Waals surface area contributed by atoms with Gasteiger partial charge in [0.1, 0.15) is 21.6 Å². The lowest BCUT2D eigenvalue weighted by Gasteiger charge is -2.43. The Balaban J connectivity index is 1.19. The Morgan fingerprint density at radius 3 is 2.57 bits per heavy atom. The molecule has 7 rings (SSSR count). The summed E-state index contributed by atoms with van der Waals surface area (Å²) in [6.07, 6.45) is 4.50. The number of nitrogens with one attached hydrogen (secondary N) is 2. The summed E-state index contributed by atoms with van der Waals surface area (Å²) in [5.41, 5.74) is 5.50. The lowest BCUT2D eigenvalue weighted by atomic mass is 9.73. The predicted molar refractivity (Wildman–Crippen MR) is 176 cm³/mol. The molecule has 2 aliphatic rings. The van der Waals surface area contributed by atoms with Crippen LogP contribution in [0.25, 0.3) is 33.1 Å². The van der Waals surface area contributed by atoms with Gasteiger partial charge in [-0.3, -0.25) is 4.68 Å². The molecule has 2 N–H and O–H groups in total. The normalized spacial score (nSPS) is 18.7. The lowest BCUT2D eigenvalue weighted by Crippen LogP contribution is -2.50. The number of piperidine rings is 1. The highest BCUT2D eigenvalue weighted by molar-refractivity contribution is 7.90. The number of rotatable bonds is 4. The van der Waals surface area contributed by atoms with E-state index in [0.717, 1.165) is 43.5 Å². The van der Waals surface area contributed by atoms with Crippen LogP contribution in [0.3, 0.4) is 0 Å². The molecule has 1 unspecified atom stereocenters. The lowest BCUT2D eigenvalue weighted by molar-refractivity contribution is 0.175. The quantitative estimate of drug-likeness (QED) is 0.210. The number of aromatic amines is 1. The Morgan fingerprint density at radius 1 is 1.09 bits per heavy atom. The molecule has 4 heterocycles. The van der Waals surface area contributed by atoms with Crippen LogP contribution in [0.1, 0.15) is 56.5 Å². The van der Waals surface area contributed by atoms with E-state index in [1.165, 1.54) is 11.1 Å². The Labute approximate surface area is 268 Å². The van der Waals surface area contributed by atoms with Gasteiger partial charge in [-0.15, -0.1) is 4.72 Å². The van der Waals surface area contributed by atoms with Crippen molar-refractivity contribution in [3.05, 3.63) is 69.6 Å². The molecule has 226 valence electrons. The molecule has 2 aromatic carbocycles. The van der Waals surface area contributed by atoms with Gasteiger partial charge in [0, 0.05) is 54.2 Å². The summed E-state index contributed by atoms with van der Waals surface area (Å²) in [5.74, 6) is 0.521. The Morgan fingerprint density at radius 2 is 1.84 bits per heavy atom. The number of benzene rings is 2. The van der Waals surface area contributed by atoms with Crippen molar-refractivity contribution in [1.29, 1.82) is 5.26 Å².